The fourth-order valence-corrected chi connectivity index (χ4v) is 7.95. The number of aromatic amines is 1. The number of piperazine rings is 1. The number of hydrogen-bond acceptors (Lipinski definition) is 7. The van der Waals surface area contributed by atoms with Crippen molar-refractivity contribution in [3.63, 3.8) is 0 Å². The van der Waals surface area contributed by atoms with E-state index >= 15 is 0 Å². The molecule has 1 atom stereocenters. The van der Waals surface area contributed by atoms with E-state index in [2.05, 4.69) is 92.4 Å². The summed E-state index contributed by atoms with van der Waals surface area (Å²) in [5.41, 5.74) is 17.2. The average molecular weight is 641 g/mol. The molecule has 2 fully saturated rings. The Balaban J connectivity index is 0.939. The van der Waals surface area contributed by atoms with Crippen molar-refractivity contribution in [2.75, 3.05) is 39.3 Å². The van der Waals surface area contributed by atoms with Crippen LogP contribution in [0, 0.1) is 0 Å². The van der Waals surface area contributed by atoms with Crippen molar-refractivity contribution in [1.29, 1.82) is 0 Å². The minimum Gasteiger partial charge on any atom is -0.399 e. The van der Waals surface area contributed by atoms with Crippen molar-refractivity contribution in [3.8, 4) is 0 Å². The van der Waals surface area contributed by atoms with Gasteiger partial charge in [0.15, 0.2) is 0 Å². The summed E-state index contributed by atoms with van der Waals surface area (Å²) < 4.78 is 0. The average Bonchev–Trinajstić information content (AvgIpc) is 3.46. The van der Waals surface area contributed by atoms with E-state index in [1.807, 2.05) is 0 Å². The monoisotopic (exact) mass is 640 g/mol. The number of nitrogens with zero attached hydrogens (tertiary/aromatic N) is 2. The molecule has 7 N–H and O–H groups in total. The Labute approximate surface area is 283 Å². The van der Waals surface area contributed by atoms with Gasteiger partial charge in [0.2, 0.25) is 0 Å². The third-order valence-corrected chi connectivity index (χ3v) is 10.7. The number of H-pyrrole nitrogens is 1. The van der Waals surface area contributed by atoms with E-state index in [0.29, 0.717) is 0 Å². The van der Waals surface area contributed by atoms with Crippen LogP contribution in [0.3, 0.4) is 0 Å². The van der Waals surface area contributed by atoms with Gasteiger partial charge in [0, 0.05) is 74.5 Å². The first kappa shape index (κ1) is 33.8. The highest BCUT2D eigenvalue weighted by Crippen LogP contribution is 2.28. The summed E-state index contributed by atoms with van der Waals surface area (Å²) in [6, 6.07) is 9.77. The lowest BCUT2D eigenvalue weighted by atomic mass is 9.95. The predicted octanol–water partition coefficient (Wildman–Crippen LogP) is 5.24. The van der Waals surface area contributed by atoms with Crippen molar-refractivity contribution in [3.05, 3.63) is 87.2 Å². The molecule has 1 aromatic heterocycles. The summed E-state index contributed by atoms with van der Waals surface area (Å²) in [4.78, 5) is 8.89. The molecule has 8 nitrogen and oxygen atoms in total. The predicted molar refractivity (Wildman–Crippen MR) is 195 cm³/mol. The number of allylic oxidation sites excluding steroid dienone is 2. The molecule has 2 aliphatic carbocycles. The second-order valence-corrected chi connectivity index (χ2v) is 14.0. The maximum absolute atomic E-state index is 6.66. The minimum absolute atomic E-state index is 0.107. The Bertz CT molecular complexity index is 1370. The Morgan fingerprint density at radius 1 is 0.915 bits per heavy atom. The summed E-state index contributed by atoms with van der Waals surface area (Å²) in [5, 5.41) is 14.9. The number of aromatic nitrogens is 1. The molecule has 0 spiro atoms. The number of fused-ring (bicyclic) bond motifs is 1. The highest BCUT2D eigenvalue weighted by atomic mass is 15.3. The Morgan fingerprint density at radius 2 is 1.68 bits per heavy atom. The molecule has 1 saturated heterocycles. The highest BCUT2D eigenvalue weighted by Gasteiger charge is 2.28. The smallest absolute Gasteiger partial charge is 0.106 e. The zero-order chi connectivity index (χ0) is 32.4. The van der Waals surface area contributed by atoms with Gasteiger partial charge in [-0.25, -0.2) is 0 Å². The van der Waals surface area contributed by atoms with E-state index in [9.17, 15) is 0 Å². The first-order chi connectivity index (χ1) is 23.1. The van der Waals surface area contributed by atoms with Crippen LogP contribution in [0.1, 0.15) is 98.9 Å². The molecular weight excluding hydrogens is 580 g/mol. The largest absolute Gasteiger partial charge is 0.399 e. The van der Waals surface area contributed by atoms with Gasteiger partial charge in [-0.2, -0.15) is 0 Å². The van der Waals surface area contributed by atoms with Crippen molar-refractivity contribution >= 4 is 6.08 Å². The van der Waals surface area contributed by atoms with Crippen LogP contribution in [0.2, 0.25) is 0 Å². The number of rotatable bonds is 15. The SMILES string of the molecule is CCC1=C(NCc2ccc(CNCCCNC3CCCCC3)cc2)NC(N2CCN(Cc3[nH]c4c(c3CC)CCC=C4)CC2)C=C1N. The van der Waals surface area contributed by atoms with Crippen molar-refractivity contribution in [2.24, 2.45) is 5.73 Å². The summed E-state index contributed by atoms with van der Waals surface area (Å²) in [7, 11) is 0. The lowest BCUT2D eigenvalue weighted by molar-refractivity contribution is 0.0961. The molecule has 2 aromatic rings. The fourth-order valence-electron chi connectivity index (χ4n) is 7.95. The summed E-state index contributed by atoms with van der Waals surface area (Å²) in [6.45, 7) is 13.5. The van der Waals surface area contributed by atoms with Crippen LogP contribution in [0.15, 0.2) is 53.5 Å². The number of benzene rings is 1. The topological polar surface area (TPSA) is 96.4 Å². The zero-order valence-electron chi connectivity index (χ0n) is 29.1. The Hall–Kier alpha value is -3.04. The zero-order valence-corrected chi connectivity index (χ0v) is 29.1. The first-order valence-electron chi connectivity index (χ1n) is 18.7. The van der Waals surface area contributed by atoms with Crippen molar-refractivity contribution in [2.45, 2.75) is 110 Å². The fraction of sp³-hybridized carbons (Fsp3) is 0.590. The van der Waals surface area contributed by atoms with E-state index < -0.39 is 0 Å². The standard InChI is InChI=1S/C39H60N8/c1-3-32-34-13-8-9-14-36(34)44-37(32)28-46-21-23-47(24-22-46)38-25-35(40)33(4-2)39(45-38)43-27-30-17-15-29(16-18-30)26-41-19-10-20-42-31-11-6-5-7-12-31/h9,14-18,25,31,38,41-45H,3-8,10-13,19-24,26-28,40H2,1-2H3. The molecule has 1 unspecified atom stereocenters. The normalized spacial score (nSPS) is 21.1. The second kappa shape index (κ2) is 16.9. The van der Waals surface area contributed by atoms with Crippen LogP contribution in [0.25, 0.3) is 6.08 Å². The van der Waals surface area contributed by atoms with E-state index in [1.165, 1.54) is 73.0 Å². The molecular formula is C39H60N8. The van der Waals surface area contributed by atoms with Gasteiger partial charge in [-0.3, -0.25) is 9.80 Å². The molecule has 8 heteroatoms. The molecule has 4 aliphatic rings. The third-order valence-electron chi connectivity index (χ3n) is 10.7. The number of nitrogens with one attached hydrogen (secondary N) is 5. The molecule has 256 valence electrons. The van der Waals surface area contributed by atoms with Crippen LogP contribution in [0.5, 0.6) is 0 Å². The highest BCUT2D eigenvalue weighted by molar-refractivity contribution is 5.57. The van der Waals surface area contributed by atoms with Gasteiger partial charge in [0.25, 0.3) is 0 Å². The van der Waals surface area contributed by atoms with Crippen LogP contribution in [0.4, 0.5) is 0 Å². The van der Waals surface area contributed by atoms with E-state index in [-0.39, 0.29) is 6.17 Å². The Kier molecular flexibility index (Phi) is 12.1. The molecule has 1 aromatic carbocycles. The van der Waals surface area contributed by atoms with Crippen molar-refractivity contribution < 1.29 is 0 Å². The second-order valence-electron chi connectivity index (χ2n) is 14.0. The first-order valence-corrected chi connectivity index (χ1v) is 18.7. The molecule has 0 bridgehead atoms. The maximum Gasteiger partial charge on any atom is 0.106 e. The van der Waals surface area contributed by atoms with Crippen LogP contribution in [-0.4, -0.2) is 66.3 Å². The number of dihydropyridines is 1. The van der Waals surface area contributed by atoms with Gasteiger partial charge in [-0.1, -0.05) is 63.5 Å². The molecule has 3 heterocycles. The lowest BCUT2D eigenvalue weighted by Gasteiger charge is -2.41. The molecule has 6 rings (SSSR count). The van der Waals surface area contributed by atoms with Crippen LogP contribution < -0.4 is 27.0 Å². The molecule has 0 amide bonds. The minimum atomic E-state index is 0.107. The van der Waals surface area contributed by atoms with E-state index in [0.717, 1.165) is 95.7 Å². The van der Waals surface area contributed by atoms with Crippen molar-refractivity contribution in [1.82, 2.24) is 36.1 Å². The molecule has 47 heavy (non-hydrogen) atoms. The molecule has 1 saturated carbocycles. The molecule has 0 radical (unpaired) electrons. The van der Waals surface area contributed by atoms with Gasteiger partial charge in [-0.05, 0) is 92.4 Å². The lowest BCUT2D eigenvalue weighted by Crippen LogP contribution is -2.56. The van der Waals surface area contributed by atoms with Crippen LogP contribution >= 0.6 is 0 Å². The number of nitrogens with two attached hydrogens (primary N) is 1. The van der Waals surface area contributed by atoms with Gasteiger partial charge in [0.1, 0.15) is 12.0 Å². The third kappa shape index (κ3) is 8.91. The van der Waals surface area contributed by atoms with Crippen LogP contribution in [-0.2, 0) is 32.5 Å². The quantitative estimate of drug-likeness (QED) is 0.148. The van der Waals surface area contributed by atoms with Gasteiger partial charge in [0.05, 0.1) is 0 Å². The van der Waals surface area contributed by atoms with Gasteiger partial charge >= 0.3 is 0 Å². The molecule has 2 aliphatic heterocycles. The summed E-state index contributed by atoms with van der Waals surface area (Å²) in [6.07, 6.45) is 19.3. The summed E-state index contributed by atoms with van der Waals surface area (Å²) in [5.74, 6) is 1.07. The maximum atomic E-state index is 6.66. The van der Waals surface area contributed by atoms with E-state index in [4.69, 9.17) is 5.73 Å². The van der Waals surface area contributed by atoms with E-state index in [1.54, 1.807) is 11.1 Å². The number of hydrogen-bond donors (Lipinski definition) is 6. The Morgan fingerprint density at radius 3 is 2.43 bits per heavy atom. The summed E-state index contributed by atoms with van der Waals surface area (Å²) >= 11 is 0. The van der Waals surface area contributed by atoms with Gasteiger partial charge in [-0.15, -0.1) is 0 Å². The van der Waals surface area contributed by atoms with Gasteiger partial charge < -0.3 is 32.0 Å².